The highest BCUT2D eigenvalue weighted by molar-refractivity contribution is 7.09. The summed E-state index contributed by atoms with van der Waals surface area (Å²) >= 11 is 1.43. The summed E-state index contributed by atoms with van der Waals surface area (Å²) in [6, 6.07) is 6.07. The first-order chi connectivity index (χ1) is 14.4. The average Bonchev–Trinajstić information content (AvgIpc) is 3.23. The fraction of sp³-hybridized carbons (Fsp3) is 0.143. The number of urea groups is 1. The van der Waals surface area contributed by atoms with Crippen molar-refractivity contribution in [2.24, 2.45) is 10.9 Å². The lowest BCUT2D eigenvalue weighted by Crippen LogP contribution is -2.45. The molecule has 0 bridgehead atoms. The molecule has 152 valence electrons. The van der Waals surface area contributed by atoms with Crippen LogP contribution >= 0.6 is 11.3 Å². The monoisotopic (exact) mass is 427 g/mol. The van der Waals surface area contributed by atoms with E-state index in [1.165, 1.54) is 35.6 Å². The van der Waals surface area contributed by atoms with Crippen LogP contribution < -0.4 is 5.32 Å². The number of thiophene rings is 1. The number of halogens is 2. The van der Waals surface area contributed by atoms with Crippen LogP contribution in [-0.4, -0.2) is 28.5 Å². The van der Waals surface area contributed by atoms with E-state index in [9.17, 15) is 23.2 Å². The highest BCUT2D eigenvalue weighted by Crippen LogP contribution is 2.24. The molecule has 1 N–H and O–H groups in total. The molecule has 6 nitrogen and oxygen atoms in total. The zero-order valence-electron chi connectivity index (χ0n) is 15.5. The molecule has 1 aliphatic heterocycles. The molecule has 0 saturated heterocycles. The molecule has 0 saturated carbocycles. The molecule has 4 amide bonds. The number of carbonyl (C=O) groups excluding carboxylic acids is 3. The maximum absolute atomic E-state index is 13.7. The van der Waals surface area contributed by atoms with E-state index >= 15 is 0 Å². The van der Waals surface area contributed by atoms with Crippen LogP contribution in [-0.2, 0) is 22.7 Å². The van der Waals surface area contributed by atoms with Gasteiger partial charge in [0.1, 0.15) is 11.6 Å². The molecule has 1 unspecified atom stereocenters. The van der Waals surface area contributed by atoms with Gasteiger partial charge in [-0.3, -0.25) is 14.5 Å². The minimum atomic E-state index is -0.762. The molecular formula is C21H15F2N3O3S. The third-order valence-electron chi connectivity index (χ3n) is 4.69. The van der Waals surface area contributed by atoms with Crippen molar-refractivity contribution in [2.45, 2.75) is 13.1 Å². The van der Waals surface area contributed by atoms with Crippen LogP contribution in [0.25, 0.3) is 0 Å². The predicted molar refractivity (Wildman–Crippen MR) is 107 cm³/mol. The van der Waals surface area contributed by atoms with Gasteiger partial charge in [0, 0.05) is 28.6 Å². The maximum atomic E-state index is 13.7. The lowest BCUT2D eigenvalue weighted by molar-refractivity contribution is -0.130. The molecule has 2 heterocycles. The molecule has 1 aromatic carbocycles. The molecule has 0 radical (unpaired) electrons. The van der Waals surface area contributed by atoms with Crippen molar-refractivity contribution in [3.8, 4) is 0 Å². The van der Waals surface area contributed by atoms with Gasteiger partial charge in [-0.25, -0.2) is 13.6 Å². The zero-order valence-corrected chi connectivity index (χ0v) is 16.3. The topological polar surface area (TPSA) is 78.8 Å². The van der Waals surface area contributed by atoms with Gasteiger partial charge < -0.3 is 5.32 Å². The fourth-order valence-electron chi connectivity index (χ4n) is 3.13. The van der Waals surface area contributed by atoms with Gasteiger partial charge in [-0.2, -0.15) is 4.99 Å². The fourth-order valence-corrected chi connectivity index (χ4v) is 3.82. The number of benzene rings is 1. The van der Waals surface area contributed by atoms with Gasteiger partial charge in [0.2, 0.25) is 5.91 Å². The third kappa shape index (κ3) is 3.97. The first-order valence-corrected chi connectivity index (χ1v) is 9.88. The molecule has 9 heteroatoms. The molecule has 2 aromatic rings. The number of amides is 4. The SMILES string of the molecule is O=C(NCc1ccc(F)cc1F)C1=CC2=NC(=O)N(Cc3cccs3)C(=O)C2C=C1. The second kappa shape index (κ2) is 8.11. The molecule has 0 fully saturated rings. The van der Waals surface area contributed by atoms with Crippen LogP contribution in [0.2, 0.25) is 0 Å². The maximum Gasteiger partial charge on any atom is 0.350 e. The van der Waals surface area contributed by atoms with E-state index in [2.05, 4.69) is 10.3 Å². The number of hydrogen-bond acceptors (Lipinski definition) is 4. The van der Waals surface area contributed by atoms with Crippen molar-refractivity contribution in [3.63, 3.8) is 0 Å². The standard InChI is InChI=1S/C21H15F2N3O3S/c22-14-5-3-13(17(23)9-14)10-24-19(27)12-4-6-16-18(8-12)25-21(29)26(20(16)28)11-15-2-1-7-30-15/h1-9,16H,10-11H2,(H,24,27). The first kappa shape index (κ1) is 19.8. The Labute approximate surface area is 174 Å². The van der Waals surface area contributed by atoms with E-state index < -0.39 is 35.4 Å². The number of nitrogens with zero attached hydrogens (tertiary/aromatic N) is 2. The first-order valence-electron chi connectivity index (χ1n) is 9.00. The van der Waals surface area contributed by atoms with Crippen LogP contribution in [0.3, 0.4) is 0 Å². The van der Waals surface area contributed by atoms with Crippen molar-refractivity contribution in [1.82, 2.24) is 10.2 Å². The Balaban J connectivity index is 1.47. The number of nitrogens with one attached hydrogen (secondary N) is 1. The second-order valence-electron chi connectivity index (χ2n) is 6.68. The molecule has 30 heavy (non-hydrogen) atoms. The van der Waals surface area contributed by atoms with Crippen molar-refractivity contribution in [2.75, 3.05) is 0 Å². The van der Waals surface area contributed by atoms with Crippen molar-refractivity contribution in [1.29, 1.82) is 0 Å². The van der Waals surface area contributed by atoms with Crippen LogP contribution in [0, 0.1) is 17.6 Å². The summed E-state index contributed by atoms with van der Waals surface area (Å²) in [4.78, 5) is 43.4. The Bertz CT molecular complexity index is 1120. The zero-order chi connectivity index (χ0) is 21.3. The van der Waals surface area contributed by atoms with Gasteiger partial charge in [-0.15, -0.1) is 11.3 Å². The van der Waals surface area contributed by atoms with Crippen LogP contribution in [0.15, 0.2) is 64.5 Å². The van der Waals surface area contributed by atoms with E-state index in [0.717, 1.165) is 21.9 Å². The highest BCUT2D eigenvalue weighted by Gasteiger charge is 2.37. The predicted octanol–water partition coefficient (Wildman–Crippen LogP) is 3.36. The van der Waals surface area contributed by atoms with Crippen molar-refractivity contribution in [3.05, 3.63) is 81.6 Å². The molecule has 1 aromatic heterocycles. The van der Waals surface area contributed by atoms with Crippen molar-refractivity contribution < 1.29 is 23.2 Å². The van der Waals surface area contributed by atoms with Gasteiger partial charge in [0.05, 0.1) is 18.2 Å². The Morgan fingerprint density at radius 1 is 1.23 bits per heavy atom. The number of hydrogen-bond donors (Lipinski definition) is 1. The summed E-state index contributed by atoms with van der Waals surface area (Å²) in [6.07, 6.45) is 4.36. The summed E-state index contributed by atoms with van der Waals surface area (Å²) in [6.45, 7) is 0.00916. The van der Waals surface area contributed by atoms with Gasteiger partial charge >= 0.3 is 6.03 Å². The molecule has 0 spiro atoms. The molecule has 1 atom stereocenters. The summed E-state index contributed by atoms with van der Waals surface area (Å²) in [5, 5.41) is 4.39. The Kier molecular flexibility index (Phi) is 5.37. The number of rotatable bonds is 5. The second-order valence-corrected chi connectivity index (χ2v) is 7.71. The summed E-state index contributed by atoms with van der Waals surface area (Å²) in [5.74, 6) is -3.14. The highest BCUT2D eigenvalue weighted by atomic mass is 32.1. The summed E-state index contributed by atoms with van der Waals surface area (Å²) in [7, 11) is 0. The van der Waals surface area contributed by atoms with E-state index in [1.54, 1.807) is 0 Å². The number of imide groups is 1. The van der Waals surface area contributed by atoms with Gasteiger partial charge in [0.15, 0.2) is 0 Å². The van der Waals surface area contributed by atoms with Gasteiger partial charge in [-0.05, 0) is 23.6 Å². The van der Waals surface area contributed by atoms with Gasteiger partial charge in [-0.1, -0.05) is 24.3 Å². The Hall–Kier alpha value is -3.46. The van der Waals surface area contributed by atoms with E-state index in [-0.39, 0.29) is 29.9 Å². The normalized spacial score (nSPS) is 18.1. The molecular weight excluding hydrogens is 412 g/mol. The van der Waals surface area contributed by atoms with Crippen LogP contribution in [0.5, 0.6) is 0 Å². The Morgan fingerprint density at radius 2 is 2.07 bits per heavy atom. The third-order valence-corrected chi connectivity index (χ3v) is 5.55. The van der Waals surface area contributed by atoms with Crippen LogP contribution in [0.1, 0.15) is 10.4 Å². The number of carbonyl (C=O) groups is 3. The van der Waals surface area contributed by atoms with Gasteiger partial charge in [0.25, 0.3) is 5.91 Å². The van der Waals surface area contributed by atoms with E-state index in [4.69, 9.17) is 0 Å². The smallest absolute Gasteiger partial charge is 0.348 e. The number of fused-ring (bicyclic) bond motifs is 1. The number of allylic oxidation sites excluding steroid dienone is 1. The molecule has 4 rings (SSSR count). The minimum Gasteiger partial charge on any atom is -0.348 e. The Morgan fingerprint density at radius 3 is 2.80 bits per heavy atom. The average molecular weight is 427 g/mol. The molecule has 2 aliphatic rings. The summed E-state index contributed by atoms with van der Waals surface area (Å²) < 4.78 is 26.7. The number of aliphatic imine (C=N–C) groups is 1. The quantitative estimate of drug-likeness (QED) is 0.795. The van der Waals surface area contributed by atoms with Crippen molar-refractivity contribution >= 4 is 34.9 Å². The van der Waals surface area contributed by atoms with E-state index in [0.29, 0.717) is 0 Å². The minimum absolute atomic E-state index is 0.132. The lowest BCUT2D eigenvalue weighted by Gasteiger charge is -2.28. The van der Waals surface area contributed by atoms with Crippen LogP contribution in [0.4, 0.5) is 13.6 Å². The molecule has 1 aliphatic carbocycles. The lowest BCUT2D eigenvalue weighted by atomic mass is 9.91. The largest absolute Gasteiger partial charge is 0.350 e. The van der Waals surface area contributed by atoms with E-state index in [1.807, 2.05) is 17.5 Å². The summed E-state index contributed by atoms with van der Waals surface area (Å²) in [5.41, 5.74) is 0.500.